The Balaban J connectivity index is 1.37. The molecule has 0 saturated carbocycles. The number of carbonyl (C=O) groups is 2. The van der Waals surface area contributed by atoms with E-state index in [1.807, 2.05) is 56.7 Å². The Morgan fingerprint density at radius 2 is 2.08 bits per heavy atom. The number of anilines is 1. The van der Waals surface area contributed by atoms with E-state index in [0.29, 0.717) is 36.6 Å². The Labute approximate surface area is 227 Å². The second-order valence-corrected chi connectivity index (χ2v) is 10.7. The number of rotatable bonds is 8. The minimum Gasteiger partial charge on any atom is -0.496 e. The number of aryl methyl sites for hydroxylation is 3. The highest BCUT2D eigenvalue weighted by Gasteiger charge is 2.28. The summed E-state index contributed by atoms with van der Waals surface area (Å²) in [7, 11) is 1.62. The molecule has 9 nitrogen and oxygen atoms in total. The fourth-order valence-corrected chi connectivity index (χ4v) is 6.02. The van der Waals surface area contributed by atoms with Gasteiger partial charge in [-0.3, -0.25) is 4.79 Å². The summed E-state index contributed by atoms with van der Waals surface area (Å²) in [6.07, 6.45) is 2.33. The number of carbonyl (C=O) groups excluding carboxylic acids is 2. The van der Waals surface area contributed by atoms with Crippen LogP contribution < -0.4 is 10.1 Å². The van der Waals surface area contributed by atoms with E-state index in [0.717, 1.165) is 38.8 Å². The van der Waals surface area contributed by atoms with Gasteiger partial charge in [-0.25, -0.2) is 9.78 Å². The second-order valence-electron chi connectivity index (χ2n) is 9.63. The van der Waals surface area contributed by atoms with Gasteiger partial charge in [-0.05, 0) is 50.3 Å². The van der Waals surface area contributed by atoms with Gasteiger partial charge in [-0.1, -0.05) is 24.6 Å². The molecule has 4 rings (SSSR count). The smallest absolute Gasteiger partial charge is 0.410 e. The average Bonchev–Trinajstić information content (AvgIpc) is 3.40. The van der Waals surface area contributed by atoms with Crippen molar-refractivity contribution in [3.05, 3.63) is 63.0 Å². The lowest BCUT2D eigenvalue weighted by atomic mass is 9.95. The minimum absolute atomic E-state index is 0.0646. The normalized spacial score (nSPS) is 13.4. The first-order valence-electron chi connectivity index (χ1n) is 12.6. The van der Waals surface area contributed by atoms with Gasteiger partial charge >= 0.3 is 6.09 Å². The summed E-state index contributed by atoms with van der Waals surface area (Å²) >= 11 is 1.35. The fourth-order valence-electron chi connectivity index (χ4n) is 4.79. The molecule has 1 aromatic carbocycles. The summed E-state index contributed by atoms with van der Waals surface area (Å²) in [5.41, 5.74) is 4.38. The Hall–Kier alpha value is -3.84. The lowest BCUT2D eigenvalue weighted by molar-refractivity contribution is -0.116. The number of nitrogens with zero attached hydrogens (tertiary/aromatic N) is 4. The van der Waals surface area contributed by atoms with Crippen molar-refractivity contribution < 1.29 is 19.1 Å². The predicted molar refractivity (Wildman–Crippen MR) is 146 cm³/mol. The zero-order valence-electron chi connectivity index (χ0n) is 22.5. The molecule has 1 aliphatic heterocycles. The number of thiophene rings is 1. The van der Waals surface area contributed by atoms with Crippen LogP contribution in [0.1, 0.15) is 57.9 Å². The number of imidazole rings is 1. The van der Waals surface area contributed by atoms with Crippen molar-refractivity contribution in [1.82, 2.24) is 14.5 Å². The van der Waals surface area contributed by atoms with Crippen LogP contribution in [-0.2, 0) is 29.0 Å². The minimum atomic E-state index is -0.386. The molecule has 3 aromatic rings. The molecule has 0 radical (unpaired) electrons. The van der Waals surface area contributed by atoms with Gasteiger partial charge < -0.3 is 24.3 Å². The van der Waals surface area contributed by atoms with Crippen LogP contribution in [0, 0.1) is 32.1 Å². The van der Waals surface area contributed by atoms with E-state index in [1.54, 1.807) is 12.0 Å². The van der Waals surface area contributed by atoms with Crippen molar-refractivity contribution in [2.45, 2.75) is 59.5 Å². The van der Waals surface area contributed by atoms with E-state index < -0.39 is 0 Å². The van der Waals surface area contributed by atoms with E-state index in [-0.39, 0.29) is 30.9 Å². The van der Waals surface area contributed by atoms with E-state index in [9.17, 15) is 14.9 Å². The fraction of sp³-hybridized carbons (Fsp3) is 0.429. The number of methoxy groups -OCH3 is 1. The van der Waals surface area contributed by atoms with Crippen LogP contribution in [0.4, 0.5) is 9.80 Å². The molecule has 10 heteroatoms. The maximum Gasteiger partial charge on any atom is 0.410 e. The molecule has 3 heterocycles. The van der Waals surface area contributed by atoms with Crippen LogP contribution >= 0.6 is 11.3 Å². The average molecular weight is 536 g/mol. The molecule has 0 aliphatic carbocycles. The number of ether oxygens (including phenoxy) is 2. The molecule has 200 valence electrons. The van der Waals surface area contributed by atoms with Crippen LogP contribution in [0.15, 0.2) is 24.4 Å². The molecule has 38 heavy (non-hydrogen) atoms. The third-order valence-corrected chi connectivity index (χ3v) is 7.87. The highest BCUT2D eigenvalue weighted by atomic mass is 32.1. The second kappa shape index (κ2) is 11.7. The van der Waals surface area contributed by atoms with Crippen LogP contribution in [0.2, 0.25) is 0 Å². The van der Waals surface area contributed by atoms with Crippen LogP contribution in [-0.4, -0.2) is 46.7 Å². The number of fused-ring (bicyclic) bond motifs is 1. The highest BCUT2D eigenvalue weighted by molar-refractivity contribution is 7.16. The Bertz CT molecular complexity index is 1390. The first kappa shape index (κ1) is 27.2. The maximum atomic E-state index is 12.9. The molecular formula is C28H33N5O4S. The number of hydrogen-bond donors (Lipinski definition) is 1. The van der Waals surface area contributed by atoms with Crippen molar-refractivity contribution in [1.29, 1.82) is 5.26 Å². The Kier molecular flexibility index (Phi) is 8.37. The van der Waals surface area contributed by atoms with Gasteiger partial charge in [0.2, 0.25) is 5.91 Å². The topological polar surface area (TPSA) is 109 Å². The third-order valence-electron chi connectivity index (χ3n) is 6.74. The summed E-state index contributed by atoms with van der Waals surface area (Å²) < 4.78 is 12.9. The number of nitriles is 1. The predicted octanol–water partition coefficient (Wildman–Crippen LogP) is 5.08. The molecule has 1 aliphatic rings. The first-order valence-corrected chi connectivity index (χ1v) is 13.4. The summed E-state index contributed by atoms with van der Waals surface area (Å²) in [5.74, 6) is 1.40. The molecule has 0 saturated heterocycles. The molecular weight excluding hydrogens is 502 g/mol. The largest absolute Gasteiger partial charge is 0.496 e. The molecule has 2 amide bonds. The van der Waals surface area contributed by atoms with Crippen LogP contribution in [0.5, 0.6) is 5.75 Å². The number of nitrogens with one attached hydrogen (secondary N) is 1. The summed E-state index contributed by atoms with van der Waals surface area (Å²) in [6.45, 7) is 9.43. The summed E-state index contributed by atoms with van der Waals surface area (Å²) in [5, 5.41) is 13.3. The molecule has 1 N–H and O–H groups in total. The quantitative estimate of drug-likeness (QED) is 0.431. The lowest BCUT2D eigenvalue weighted by Crippen LogP contribution is -2.36. The van der Waals surface area contributed by atoms with Crippen molar-refractivity contribution in [3.8, 4) is 11.8 Å². The van der Waals surface area contributed by atoms with E-state index in [1.165, 1.54) is 11.3 Å². The molecule has 1 unspecified atom stereocenters. The molecule has 0 spiro atoms. The molecule has 2 aromatic heterocycles. The summed E-state index contributed by atoms with van der Waals surface area (Å²) in [6, 6.07) is 8.18. The van der Waals surface area contributed by atoms with Crippen LogP contribution in [0.25, 0.3) is 0 Å². The van der Waals surface area contributed by atoms with Crippen molar-refractivity contribution >= 4 is 28.3 Å². The number of benzene rings is 1. The zero-order chi connectivity index (χ0) is 27.4. The molecule has 1 atom stereocenters. The monoisotopic (exact) mass is 535 g/mol. The van der Waals surface area contributed by atoms with Gasteiger partial charge in [-0.15, -0.1) is 11.3 Å². The molecule has 0 bridgehead atoms. The number of amides is 2. The van der Waals surface area contributed by atoms with Crippen LogP contribution in [0.3, 0.4) is 0 Å². The zero-order valence-corrected chi connectivity index (χ0v) is 23.3. The van der Waals surface area contributed by atoms with Gasteiger partial charge in [0.1, 0.15) is 29.3 Å². The maximum absolute atomic E-state index is 12.9. The van der Waals surface area contributed by atoms with Crippen molar-refractivity contribution in [2.75, 3.05) is 25.6 Å². The number of hydrogen-bond acceptors (Lipinski definition) is 7. The lowest BCUT2D eigenvalue weighted by Gasteiger charge is -2.26. The third kappa shape index (κ3) is 6.00. The molecule has 0 fully saturated rings. The van der Waals surface area contributed by atoms with Gasteiger partial charge in [0.15, 0.2) is 0 Å². The summed E-state index contributed by atoms with van der Waals surface area (Å²) in [4.78, 5) is 32.5. The van der Waals surface area contributed by atoms with Gasteiger partial charge in [0.25, 0.3) is 0 Å². The first-order chi connectivity index (χ1) is 18.2. The van der Waals surface area contributed by atoms with E-state index >= 15 is 0 Å². The van der Waals surface area contributed by atoms with Gasteiger partial charge in [-0.2, -0.15) is 5.26 Å². The van der Waals surface area contributed by atoms with Crippen molar-refractivity contribution in [3.63, 3.8) is 0 Å². The Morgan fingerprint density at radius 3 is 2.76 bits per heavy atom. The standard InChI is InChI=1S/C28H33N5O4S/c1-17-6-7-24(36-5)22(12-17)18(2)13-26(34)31-27-23(14-29)21-8-9-33(16-25(21)38-27)28(35)37-11-10-32-15-19(3)30-20(32)4/h6-7,12,15,18H,8-11,13,16H2,1-5H3,(H,31,34). The number of aromatic nitrogens is 2. The SMILES string of the molecule is COc1ccc(C)cc1C(C)CC(=O)Nc1sc2c(c1C#N)CCN(C(=O)OCCn1cc(C)nc1C)C2. The van der Waals surface area contributed by atoms with E-state index in [4.69, 9.17) is 9.47 Å². The van der Waals surface area contributed by atoms with Gasteiger partial charge in [0.05, 0.1) is 31.5 Å². The van der Waals surface area contributed by atoms with E-state index in [2.05, 4.69) is 16.4 Å². The van der Waals surface area contributed by atoms with Gasteiger partial charge in [0, 0.05) is 24.0 Å². The Morgan fingerprint density at radius 1 is 1.29 bits per heavy atom. The highest BCUT2D eigenvalue weighted by Crippen LogP contribution is 2.37. The van der Waals surface area contributed by atoms with Crippen molar-refractivity contribution in [2.24, 2.45) is 0 Å².